The first kappa shape index (κ1) is 18.1. The Kier molecular flexibility index (Phi) is 5.05. The zero-order valence-electron chi connectivity index (χ0n) is 14.1. The maximum absolute atomic E-state index is 12.6. The molecule has 3 rings (SSSR count). The van der Waals surface area contributed by atoms with Crippen LogP contribution in [0, 0.1) is 10.1 Å². The van der Waals surface area contributed by atoms with E-state index in [9.17, 15) is 18.5 Å². The van der Waals surface area contributed by atoms with E-state index in [4.69, 9.17) is 4.74 Å². The number of hydrogen-bond acceptors (Lipinski definition) is 7. The number of sulfonamides is 1. The number of nitrogens with one attached hydrogen (secondary N) is 1. The van der Waals surface area contributed by atoms with Crippen LogP contribution in [0.3, 0.4) is 0 Å². The Bertz CT molecular complexity index is 909. The number of hydrogen-bond donors (Lipinski definition) is 1. The molecule has 0 amide bonds. The lowest BCUT2D eigenvalue weighted by atomic mass is 10.2. The minimum absolute atomic E-state index is 0.0792. The number of aromatic nitrogens is 1. The van der Waals surface area contributed by atoms with Crippen molar-refractivity contribution < 1.29 is 18.1 Å². The standard InChI is InChI=1S/C16H18N4O5S/c1-25-16-7-4-12(11-17-16)18-14-6-5-13(10-15(14)20(21)22)26(23,24)19-8-2-3-9-19/h4-7,10-11,18H,2-3,8-9H2,1H3. The second kappa shape index (κ2) is 7.26. The van der Waals surface area contributed by atoms with Crippen LogP contribution in [0.25, 0.3) is 0 Å². The van der Waals surface area contributed by atoms with Crippen LogP contribution in [-0.4, -0.2) is 42.8 Å². The Labute approximate surface area is 150 Å². The molecule has 0 unspecified atom stereocenters. The summed E-state index contributed by atoms with van der Waals surface area (Å²) in [5, 5.41) is 14.3. The molecular formula is C16H18N4O5S. The van der Waals surface area contributed by atoms with Crippen molar-refractivity contribution in [2.45, 2.75) is 17.7 Å². The van der Waals surface area contributed by atoms with Crippen LogP contribution in [-0.2, 0) is 10.0 Å². The van der Waals surface area contributed by atoms with Gasteiger partial charge in [0, 0.05) is 25.2 Å². The van der Waals surface area contributed by atoms with Crippen LogP contribution in [0.15, 0.2) is 41.4 Å². The fraction of sp³-hybridized carbons (Fsp3) is 0.312. The zero-order chi connectivity index (χ0) is 18.7. The monoisotopic (exact) mass is 378 g/mol. The van der Waals surface area contributed by atoms with E-state index < -0.39 is 14.9 Å². The van der Waals surface area contributed by atoms with Gasteiger partial charge in [0.05, 0.1) is 28.8 Å². The summed E-state index contributed by atoms with van der Waals surface area (Å²) in [7, 11) is -2.24. The van der Waals surface area contributed by atoms with Crippen LogP contribution in [0.1, 0.15) is 12.8 Å². The molecule has 1 aliphatic rings. The van der Waals surface area contributed by atoms with Gasteiger partial charge in [0.2, 0.25) is 15.9 Å². The molecule has 1 fully saturated rings. The second-order valence-electron chi connectivity index (χ2n) is 5.76. The Balaban J connectivity index is 1.92. The van der Waals surface area contributed by atoms with Gasteiger partial charge in [0.1, 0.15) is 5.69 Å². The van der Waals surface area contributed by atoms with Crippen LogP contribution in [0.4, 0.5) is 17.1 Å². The van der Waals surface area contributed by atoms with Crippen molar-refractivity contribution in [1.82, 2.24) is 9.29 Å². The van der Waals surface area contributed by atoms with E-state index in [0.717, 1.165) is 18.9 Å². The van der Waals surface area contributed by atoms with Gasteiger partial charge in [-0.1, -0.05) is 0 Å². The van der Waals surface area contributed by atoms with Crippen molar-refractivity contribution >= 4 is 27.1 Å². The summed E-state index contributed by atoms with van der Waals surface area (Å²) in [6.45, 7) is 0.876. The molecule has 0 bridgehead atoms. The number of rotatable bonds is 6. The second-order valence-corrected chi connectivity index (χ2v) is 7.70. The van der Waals surface area contributed by atoms with Gasteiger partial charge in [-0.3, -0.25) is 10.1 Å². The van der Waals surface area contributed by atoms with Gasteiger partial charge in [-0.2, -0.15) is 4.31 Å². The molecular weight excluding hydrogens is 360 g/mol. The first-order valence-electron chi connectivity index (χ1n) is 7.97. The summed E-state index contributed by atoms with van der Waals surface area (Å²) in [6, 6.07) is 7.13. The normalized spacial score (nSPS) is 15.0. The summed E-state index contributed by atoms with van der Waals surface area (Å²) in [5.74, 6) is 0.414. The number of ether oxygens (including phenoxy) is 1. The molecule has 2 heterocycles. The highest BCUT2D eigenvalue weighted by molar-refractivity contribution is 7.89. The van der Waals surface area contributed by atoms with E-state index in [-0.39, 0.29) is 16.3 Å². The summed E-state index contributed by atoms with van der Waals surface area (Å²) < 4.78 is 31.5. The Morgan fingerprint density at radius 3 is 2.54 bits per heavy atom. The molecule has 1 aliphatic heterocycles. The number of pyridine rings is 1. The lowest BCUT2D eigenvalue weighted by Crippen LogP contribution is -2.27. The lowest BCUT2D eigenvalue weighted by molar-refractivity contribution is -0.384. The Morgan fingerprint density at radius 2 is 1.96 bits per heavy atom. The molecule has 1 aromatic carbocycles. The fourth-order valence-electron chi connectivity index (χ4n) is 2.74. The summed E-state index contributed by atoms with van der Waals surface area (Å²) in [5.41, 5.74) is 0.382. The van der Waals surface area contributed by atoms with Gasteiger partial charge in [-0.15, -0.1) is 0 Å². The smallest absolute Gasteiger partial charge is 0.294 e. The molecule has 0 atom stereocenters. The van der Waals surface area contributed by atoms with Gasteiger partial charge >= 0.3 is 0 Å². The molecule has 138 valence electrons. The first-order chi connectivity index (χ1) is 12.4. The highest BCUT2D eigenvalue weighted by Gasteiger charge is 2.29. The number of nitro groups is 1. The predicted molar refractivity (Wildman–Crippen MR) is 95.2 cm³/mol. The number of methoxy groups -OCH3 is 1. The molecule has 10 heteroatoms. The molecule has 0 spiro atoms. The molecule has 0 saturated carbocycles. The summed E-state index contributed by atoms with van der Waals surface area (Å²) in [4.78, 5) is 14.8. The topological polar surface area (TPSA) is 115 Å². The van der Waals surface area contributed by atoms with E-state index in [0.29, 0.717) is 24.7 Å². The fourth-order valence-corrected chi connectivity index (χ4v) is 4.27. The van der Waals surface area contributed by atoms with Crippen LogP contribution in [0.5, 0.6) is 5.88 Å². The van der Waals surface area contributed by atoms with Crippen molar-refractivity contribution in [2.24, 2.45) is 0 Å². The van der Waals surface area contributed by atoms with Gasteiger partial charge in [0.15, 0.2) is 0 Å². The Morgan fingerprint density at radius 1 is 1.23 bits per heavy atom. The molecule has 9 nitrogen and oxygen atoms in total. The zero-order valence-corrected chi connectivity index (χ0v) is 14.9. The van der Waals surface area contributed by atoms with E-state index in [1.807, 2.05) is 0 Å². The highest BCUT2D eigenvalue weighted by Crippen LogP contribution is 2.32. The third-order valence-corrected chi connectivity index (χ3v) is 5.99. The van der Waals surface area contributed by atoms with Crippen molar-refractivity contribution in [3.63, 3.8) is 0 Å². The number of nitro benzene ring substituents is 1. The number of nitrogens with zero attached hydrogens (tertiary/aromatic N) is 3. The Hall–Kier alpha value is -2.72. The molecule has 0 aliphatic carbocycles. The average Bonchev–Trinajstić information content (AvgIpc) is 3.18. The van der Waals surface area contributed by atoms with E-state index in [1.54, 1.807) is 12.1 Å². The summed E-state index contributed by atoms with van der Waals surface area (Å²) in [6.07, 6.45) is 3.06. The largest absolute Gasteiger partial charge is 0.481 e. The van der Waals surface area contributed by atoms with Crippen molar-refractivity contribution in [2.75, 3.05) is 25.5 Å². The van der Waals surface area contributed by atoms with Crippen LogP contribution >= 0.6 is 0 Å². The number of benzene rings is 1. The molecule has 1 saturated heterocycles. The predicted octanol–water partition coefficient (Wildman–Crippen LogP) is 2.53. The highest BCUT2D eigenvalue weighted by atomic mass is 32.2. The lowest BCUT2D eigenvalue weighted by Gasteiger charge is -2.16. The third kappa shape index (κ3) is 3.60. The van der Waals surface area contributed by atoms with Crippen LogP contribution < -0.4 is 10.1 Å². The third-order valence-electron chi connectivity index (χ3n) is 4.09. The quantitative estimate of drug-likeness (QED) is 0.606. The van der Waals surface area contributed by atoms with Crippen molar-refractivity contribution in [3.05, 3.63) is 46.6 Å². The maximum Gasteiger partial charge on any atom is 0.294 e. The van der Waals surface area contributed by atoms with Crippen molar-refractivity contribution in [3.8, 4) is 5.88 Å². The van der Waals surface area contributed by atoms with Gasteiger partial charge in [0.25, 0.3) is 5.69 Å². The SMILES string of the molecule is COc1ccc(Nc2ccc(S(=O)(=O)N3CCCC3)cc2[N+](=O)[O-])cn1. The molecule has 2 aromatic rings. The van der Waals surface area contributed by atoms with Crippen molar-refractivity contribution in [1.29, 1.82) is 0 Å². The maximum atomic E-state index is 12.6. The summed E-state index contributed by atoms with van der Waals surface area (Å²) >= 11 is 0. The minimum atomic E-state index is -3.72. The van der Waals surface area contributed by atoms with E-state index in [1.165, 1.54) is 29.7 Å². The molecule has 1 N–H and O–H groups in total. The first-order valence-corrected chi connectivity index (χ1v) is 9.41. The molecule has 0 radical (unpaired) electrons. The molecule has 26 heavy (non-hydrogen) atoms. The van der Waals surface area contributed by atoms with Gasteiger partial charge < -0.3 is 10.1 Å². The molecule has 1 aromatic heterocycles. The van der Waals surface area contributed by atoms with Gasteiger partial charge in [-0.25, -0.2) is 13.4 Å². The van der Waals surface area contributed by atoms with Gasteiger partial charge in [-0.05, 0) is 31.0 Å². The van der Waals surface area contributed by atoms with E-state index in [2.05, 4.69) is 10.3 Å². The number of anilines is 2. The van der Waals surface area contributed by atoms with Crippen LogP contribution in [0.2, 0.25) is 0 Å². The minimum Gasteiger partial charge on any atom is -0.481 e. The van der Waals surface area contributed by atoms with E-state index >= 15 is 0 Å². The average molecular weight is 378 g/mol.